The van der Waals surface area contributed by atoms with E-state index in [-0.39, 0.29) is 11.6 Å². The first-order chi connectivity index (χ1) is 10.1. The standard InChI is InChI=1S/C19H29NO/c1-3-5-15-6-4-10-19(11-9-15)13-17(20)16-12-14(2)7-8-18(16)21-19/h7-8,12,15,17H,3-6,9-11,13,20H2,1-2H3/t15?,17-,19?/m1/s1. The second-order valence-electron chi connectivity index (χ2n) is 7.22. The summed E-state index contributed by atoms with van der Waals surface area (Å²) in [4.78, 5) is 0. The summed E-state index contributed by atoms with van der Waals surface area (Å²) in [6.07, 6.45) is 9.99. The maximum absolute atomic E-state index is 6.51. The third-order valence-electron chi connectivity index (χ3n) is 5.43. The molecule has 2 unspecified atom stereocenters. The molecular weight excluding hydrogens is 258 g/mol. The summed E-state index contributed by atoms with van der Waals surface area (Å²) in [5.74, 6) is 1.93. The summed E-state index contributed by atoms with van der Waals surface area (Å²) in [6.45, 7) is 4.42. The fourth-order valence-corrected chi connectivity index (χ4v) is 4.29. The molecule has 0 aromatic heterocycles. The normalized spacial score (nSPS) is 32.3. The number of nitrogens with two attached hydrogens (primary N) is 1. The van der Waals surface area contributed by atoms with Gasteiger partial charge in [-0.3, -0.25) is 0 Å². The molecule has 0 amide bonds. The van der Waals surface area contributed by atoms with E-state index in [0.29, 0.717) is 0 Å². The molecule has 1 spiro atoms. The van der Waals surface area contributed by atoms with Crippen molar-refractivity contribution in [3.8, 4) is 5.75 Å². The molecule has 0 bridgehead atoms. The predicted molar refractivity (Wildman–Crippen MR) is 87.6 cm³/mol. The van der Waals surface area contributed by atoms with Crippen molar-refractivity contribution in [1.82, 2.24) is 0 Å². The van der Waals surface area contributed by atoms with Gasteiger partial charge in [-0.15, -0.1) is 0 Å². The first-order valence-corrected chi connectivity index (χ1v) is 8.67. The van der Waals surface area contributed by atoms with Crippen LogP contribution in [0.3, 0.4) is 0 Å². The van der Waals surface area contributed by atoms with Crippen molar-refractivity contribution in [2.45, 2.75) is 76.9 Å². The Morgan fingerprint density at radius 1 is 1.29 bits per heavy atom. The highest BCUT2D eigenvalue weighted by Gasteiger charge is 2.41. The van der Waals surface area contributed by atoms with Gasteiger partial charge in [0.25, 0.3) is 0 Å². The molecule has 21 heavy (non-hydrogen) atoms. The van der Waals surface area contributed by atoms with Gasteiger partial charge in [-0.05, 0) is 44.6 Å². The molecule has 2 aliphatic rings. The number of benzene rings is 1. The maximum atomic E-state index is 6.51. The highest BCUT2D eigenvalue weighted by Crippen LogP contribution is 2.46. The molecule has 2 N–H and O–H groups in total. The topological polar surface area (TPSA) is 35.2 Å². The van der Waals surface area contributed by atoms with Gasteiger partial charge in [0.15, 0.2) is 0 Å². The fraction of sp³-hybridized carbons (Fsp3) is 0.684. The van der Waals surface area contributed by atoms with Crippen LogP contribution in [0.15, 0.2) is 18.2 Å². The van der Waals surface area contributed by atoms with Crippen molar-refractivity contribution in [1.29, 1.82) is 0 Å². The number of fused-ring (bicyclic) bond motifs is 1. The van der Waals surface area contributed by atoms with E-state index in [1.54, 1.807) is 0 Å². The van der Waals surface area contributed by atoms with Gasteiger partial charge in [-0.1, -0.05) is 43.9 Å². The van der Waals surface area contributed by atoms with Crippen molar-refractivity contribution < 1.29 is 4.74 Å². The Morgan fingerprint density at radius 2 is 2.14 bits per heavy atom. The molecule has 2 nitrogen and oxygen atoms in total. The van der Waals surface area contributed by atoms with Crippen LogP contribution in [0.5, 0.6) is 5.75 Å². The van der Waals surface area contributed by atoms with Crippen LogP contribution in [0.2, 0.25) is 0 Å². The minimum Gasteiger partial charge on any atom is -0.487 e. The summed E-state index contributed by atoms with van der Waals surface area (Å²) in [5, 5.41) is 0. The van der Waals surface area contributed by atoms with Crippen LogP contribution in [0.1, 0.15) is 75.5 Å². The van der Waals surface area contributed by atoms with Gasteiger partial charge in [0.05, 0.1) is 0 Å². The monoisotopic (exact) mass is 287 g/mol. The molecule has 0 radical (unpaired) electrons. The van der Waals surface area contributed by atoms with Crippen molar-refractivity contribution in [2.75, 3.05) is 0 Å². The Bertz CT molecular complexity index is 498. The third kappa shape index (κ3) is 3.11. The molecule has 1 fully saturated rings. The van der Waals surface area contributed by atoms with Crippen LogP contribution < -0.4 is 10.5 Å². The van der Waals surface area contributed by atoms with Crippen LogP contribution >= 0.6 is 0 Å². The third-order valence-corrected chi connectivity index (χ3v) is 5.43. The van der Waals surface area contributed by atoms with Crippen molar-refractivity contribution >= 4 is 0 Å². The van der Waals surface area contributed by atoms with Gasteiger partial charge in [0.2, 0.25) is 0 Å². The van der Waals surface area contributed by atoms with Crippen LogP contribution in [0.25, 0.3) is 0 Å². The molecule has 1 saturated carbocycles. The molecule has 1 aliphatic heterocycles. The molecule has 3 atom stereocenters. The summed E-state index contributed by atoms with van der Waals surface area (Å²) in [5.41, 5.74) is 8.96. The van der Waals surface area contributed by atoms with E-state index >= 15 is 0 Å². The van der Waals surface area contributed by atoms with Crippen molar-refractivity contribution in [2.24, 2.45) is 11.7 Å². The van der Waals surface area contributed by atoms with E-state index in [9.17, 15) is 0 Å². The molecule has 1 aliphatic carbocycles. The Hall–Kier alpha value is -1.02. The Labute approximate surface area is 129 Å². The lowest BCUT2D eigenvalue weighted by molar-refractivity contribution is 0.0202. The maximum Gasteiger partial charge on any atom is 0.124 e. The van der Waals surface area contributed by atoms with E-state index in [4.69, 9.17) is 10.5 Å². The summed E-state index contributed by atoms with van der Waals surface area (Å²) >= 11 is 0. The van der Waals surface area contributed by atoms with E-state index in [2.05, 4.69) is 32.0 Å². The molecule has 0 saturated heterocycles. The zero-order valence-electron chi connectivity index (χ0n) is 13.5. The van der Waals surface area contributed by atoms with Crippen LogP contribution in [0.4, 0.5) is 0 Å². The van der Waals surface area contributed by atoms with E-state index in [1.807, 2.05) is 0 Å². The smallest absolute Gasteiger partial charge is 0.124 e. The summed E-state index contributed by atoms with van der Waals surface area (Å²) < 4.78 is 6.51. The number of aryl methyl sites for hydroxylation is 1. The quantitative estimate of drug-likeness (QED) is 0.840. The minimum atomic E-state index is 0.00413. The molecule has 116 valence electrons. The number of hydrogen-bond donors (Lipinski definition) is 1. The van der Waals surface area contributed by atoms with Crippen LogP contribution in [0, 0.1) is 12.8 Å². The van der Waals surface area contributed by atoms with Crippen molar-refractivity contribution in [3.63, 3.8) is 0 Å². The largest absolute Gasteiger partial charge is 0.487 e. The second kappa shape index (κ2) is 6.00. The Morgan fingerprint density at radius 3 is 2.95 bits per heavy atom. The van der Waals surface area contributed by atoms with Gasteiger partial charge in [0.1, 0.15) is 11.4 Å². The summed E-state index contributed by atoms with van der Waals surface area (Å²) in [6, 6.07) is 6.60. The lowest BCUT2D eigenvalue weighted by atomic mass is 9.82. The highest BCUT2D eigenvalue weighted by atomic mass is 16.5. The minimum absolute atomic E-state index is 0.00413. The summed E-state index contributed by atoms with van der Waals surface area (Å²) in [7, 11) is 0. The lowest BCUT2D eigenvalue weighted by Gasteiger charge is -2.41. The molecule has 1 aromatic rings. The molecule has 1 heterocycles. The van der Waals surface area contributed by atoms with Crippen molar-refractivity contribution in [3.05, 3.63) is 29.3 Å². The van der Waals surface area contributed by atoms with Gasteiger partial charge in [0, 0.05) is 18.0 Å². The fourth-order valence-electron chi connectivity index (χ4n) is 4.29. The van der Waals surface area contributed by atoms with Gasteiger partial charge in [-0.2, -0.15) is 0 Å². The van der Waals surface area contributed by atoms with E-state index in [0.717, 1.165) is 18.1 Å². The number of ether oxygens (including phenoxy) is 1. The Kier molecular flexibility index (Phi) is 4.26. The van der Waals surface area contributed by atoms with Crippen LogP contribution in [-0.2, 0) is 0 Å². The van der Waals surface area contributed by atoms with Crippen LogP contribution in [-0.4, -0.2) is 5.60 Å². The average molecular weight is 287 g/mol. The predicted octanol–water partition coefficient (Wildman–Crippen LogP) is 4.90. The van der Waals surface area contributed by atoms with E-state index in [1.165, 1.54) is 56.1 Å². The van der Waals surface area contributed by atoms with Gasteiger partial charge >= 0.3 is 0 Å². The average Bonchev–Trinajstić information content (AvgIpc) is 2.64. The van der Waals surface area contributed by atoms with Gasteiger partial charge < -0.3 is 10.5 Å². The lowest BCUT2D eigenvalue weighted by Crippen LogP contribution is -2.42. The first-order valence-electron chi connectivity index (χ1n) is 8.67. The highest BCUT2D eigenvalue weighted by molar-refractivity contribution is 5.41. The Balaban J connectivity index is 1.79. The molecule has 1 aromatic carbocycles. The first kappa shape index (κ1) is 14.9. The zero-order valence-corrected chi connectivity index (χ0v) is 13.5. The second-order valence-corrected chi connectivity index (χ2v) is 7.22. The number of hydrogen-bond acceptors (Lipinski definition) is 2. The molecule has 3 rings (SSSR count). The van der Waals surface area contributed by atoms with E-state index < -0.39 is 0 Å². The van der Waals surface area contributed by atoms with Gasteiger partial charge in [-0.25, -0.2) is 0 Å². The molecular formula is C19H29NO. The molecule has 2 heteroatoms. The SMILES string of the molecule is CCCC1CCCC2(CC1)C[C@@H](N)c1cc(C)ccc1O2. The number of rotatable bonds is 2. The zero-order chi connectivity index (χ0) is 14.9.